The number of nitrogens with zero attached hydrogens (tertiary/aromatic N) is 3. The molecule has 5 nitrogen and oxygen atoms in total. The quantitative estimate of drug-likeness (QED) is 0.940. The predicted octanol–water partition coefficient (Wildman–Crippen LogP) is 2.23. The maximum atomic E-state index is 13.1. The van der Waals surface area contributed by atoms with Crippen LogP contribution in [0.25, 0.3) is 11.0 Å². The minimum absolute atomic E-state index is 0.0832. The Morgan fingerprint density at radius 1 is 1.27 bits per heavy atom. The number of fused-ring (bicyclic) bond motifs is 1. The van der Waals surface area contributed by atoms with E-state index in [1.54, 1.807) is 12.4 Å². The highest BCUT2D eigenvalue weighted by Gasteiger charge is 2.26. The standard InChI is InChI=1S/C17H22N4O/c1-2-12-21(13-6-8-18-9-7-13)17(22)14-4-3-5-15-16(14)20-11-10-19-15/h3-5,10-11,13,18H,2,6-9,12H2,1H3. The van der Waals surface area contributed by atoms with Crippen molar-refractivity contribution in [2.45, 2.75) is 32.2 Å². The van der Waals surface area contributed by atoms with Gasteiger partial charge in [-0.25, -0.2) is 0 Å². The molecule has 5 heteroatoms. The summed E-state index contributed by atoms with van der Waals surface area (Å²) >= 11 is 0. The molecule has 0 spiro atoms. The van der Waals surface area contributed by atoms with E-state index in [-0.39, 0.29) is 5.91 Å². The summed E-state index contributed by atoms with van der Waals surface area (Å²) in [7, 11) is 0. The van der Waals surface area contributed by atoms with E-state index < -0.39 is 0 Å². The number of para-hydroxylation sites is 1. The van der Waals surface area contributed by atoms with E-state index in [2.05, 4.69) is 22.2 Å². The van der Waals surface area contributed by atoms with Crippen LogP contribution in [0.15, 0.2) is 30.6 Å². The second kappa shape index (κ2) is 6.83. The number of benzene rings is 1. The molecule has 1 aliphatic heterocycles. The van der Waals surface area contributed by atoms with Gasteiger partial charge in [-0.15, -0.1) is 0 Å². The third kappa shape index (κ3) is 2.95. The fourth-order valence-electron chi connectivity index (χ4n) is 3.13. The summed E-state index contributed by atoms with van der Waals surface area (Å²) in [6.07, 6.45) is 6.30. The molecular formula is C17H22N4O. The average molecular weight is 298 g/mol. The Morgan fingerprint density at radius 3 is 2.82 bits per heavy atom. The second-order valence-corrected chi connectivity index (χ2v) is 5.71. The summed E-state index contributed by atoms with van der Waals surface area (Å²) in [5.41, 5.74) is 2.14. The third-order valence-electron chi connectivity index (χ3n) is 4.20. The Labute approximate surface area is 130 Å². The van der Waals surface area contributed by atoms with Gasteiger partial charge in [-0.2, -0.15) is 0 Å². The van der Waals surface area contributed by atoms with Crippen molar-refractivity contribution >= 4 is 16.9 Å². The van der Waals surface area contributed by atoms with Crippen LogP contribution in [0.1, 0.15) is 36.5 Å². The lowest BCUT2D eigenvalue weighted by Gasteiger charge is -2.34. The monoisotopic (exact) mass is 298 g/mol. The summed E-state index contributed by atoms with van der Waals surface area (Å²) in [4.78, 5) is 23.8. The highest BCUT2D eigenvalue weighted by Crippen LogP contribution is 2.20. The normalized spacial score (nSPS) is 15.9. The van der Waals surface area contributed by atoms with Gasteiger partial charge in [-0.05, 0) is 44.5 Å². The lowest BCUT2D eigenvalue weighted by Crippen LogP contribution is -2.46. The Kier molecular flexibility index (Phi) is 4.63. The topological polar surface area (TPSA) is 58.1 Å². The van der Waals surface area contributed by atoms with Crippen LogP contribution in [0.2, 0.25) is 0 Å². The molecule has 3 rings (SSSR count). The van der Waals surface area contributed by atoms with Crippen LogP contribution in [0, 0.1) is 0 Å². The molecule has 0 aliphatic carbocycles. The van der Waals surface area contributed by atoms with Gasteiger partial charge < -0.3 is 10.2 Å². The summed E-state index contributed by atoms with van der Waals surface area (Å²) in [6.45, 7) is 4.87. The van der Waals surface area contributed by atoms with Crippen LogP contribution < -0.4 is 5.32 Å². The van der Waals surface area contributed by atoms with Crippen molar-refractivity contribution < 1.29 is 4.79 Å². The van der Waals surface area contributed by atoms with E-state index in [9.17, 15) is 4.79 Å². The zero-order valence-electron chi connectivity index (χ0n) is 13.0. The van der Waals surface area contributed by atoms with Crippen LogP contribution >= 0.6 is 0 Å². The van der Waals surface area contributed by atoms with Crippen molar-refractivity contribution in [3.8, 4) is 0 Å². The Bertz CT molecular complexity index is 647. The first-order chi connectivity index (χ1) is 10.8. The molecule has 22 heavy (non-hydrogen) atoms. The van der Waals surface area contributed by atoms with Gasteiger partial charge in [0.2, 0.25) is 0 Å². The predicted molar refractivity (Wildman–Crippen MR) is 86.8 cm³/mol. The summed E-state index contributed by atoms with van der Waals surface area (Å²) in [5, 5.41) is 3.36. The smallest absolute Gasteiger partial charge is 0.256 e. The van der Waals surface area contributed by atoms with Crippen molar-refractivity contribution in [3.63, 3.8) is 0 Å². The first kappa shape index (κ1) is 14.9. The molecule has 1 amide bonds. The minimum Gasteiger partial charge on any atom is -0.336 e. The van der Waals surface area contributed by atoms with Crippen molar-refractivity contribution in [2.75, 3.05) is 19.6 Å². The molecule has 116 valence electrons. The van der Waals surface area contributed by atoms with Crippen molar-refractivity contribution in [2.24, 2.45) is 0 Å². The first-order valence-corrected chi connectivity index (χ1v) is 8.02. The van der Waals surface area contributed by atoms with Gasteiger partial charge >= 0.3 is 0 Å². The molecule has 1 aliphatic rings. The third-order valence-corrected chi connectivity index (χ3v) is 4.20. The molecule has 1 aromatic carbocycles. The molecular weight excluding hydrogens is 276 g/mol. The zero-order chi connectivity index (χ0) is 15.4. The molecule has 2 aromatic rings. The molecule has 1 fully saturated rings. The second-order valence-electron chi connectivity index (χ2n) is 5.71. The zero-order valence-corrected chi connectivity index (χ0v) is 13.0. The fraction of sp³-hybridized carbons (Fsp3) is 0.471. The minimum atomic E-state index is 0.0832. The number of rotatable bonds is 4. The highest BCUT2D eigenvalue weighted by molar-refractivity contribution is 6.04. The summed E-state index contributed by atoms with van der Waals surface area (Å²) in [6, 6.07) is 5.97. The van der Waals surface area contributed by atoms with Crippen molar-refractivity contribution in [3.05, 3.63) is 36.2 Å². The van der Waals surface area contributed by atoms with Gasteiger partial charge in [0.25, 0.3) is 5.91 Å². The molecule has 1 saturated heterocycles. The Hall–Kier alpha value is -2.01. The Morgan fingerprint density at radius 2 is 2.05 bits per heavy atom. The van der Waals surface area contributed by atoms with Crippen LogP contribution in [-0.4, -0.2) is 46.5 Å². The first-order valence-electron chi connectivity index (χ1n) is 8.02. The van der Waals surface area contributed by atoms with E-state index in [1.807, 2.05) is 23.1 Å². The average Bonchev–Trinajstić information content (AvgIpc) is 2.59. The van der Waals surface area contributed by atoms with E-state index in [1.165, 1.54) is 0 Å². The molecule has 1 aromatic heterocycles. The van der Waals surface area contributed by atoms with Crippen molar-refractivity contribution in [1.29, 1.82) is 0 Å². The molecule has 1 N–H and O–H groups in total. The molecule has 0 saturated carbocycles. The maximum Gasteiger partial charge on any atom is 0.256 e. The van der Waals surface area contributed by atoms with Gasteiger partial charge in [0, 0.05) is 25.0 Å². The fourth-order valence-corrected chi connectivity index (χ4v) is 3.13. The lowest BCUT2D eigenvalue weighted by molar-refractivity contribution is 0.0644. The summed E-state index contributed by atoms with van der Waals surface area (Å²) in [5.74, 6) is 0.0832. The van der Waals surface area contributed by atoms with Crippen LogP contribution in [0.5, 0.6) is 0 Å². The number of piperidine rings is 1. The van der Waals surface area contributed by atoms with Gasteiger partial charge in [0.1, 0.15) is 5.52 Å². The van der Waals surface area contributed by atoms with Crippen molar-refractivity contribution in [1.82, 2.24) is 20.2 Å². The maximum absolute atomic E-state index is 13.1. The Balaban J connectivity index is 1.94. The molecule has 0 bridgehead atoms. The number of hydrogen-bond donors (Lipinski definition) is 1. The summed E-state index contributed by atoms with van der Waals surface area (Å²) < 4.78 is 0. The molecule has 0 radical (unpaired) electrons. The number of amides is 1. The lowest BCUT2D eigenvalue weighted by atomic mass is 10.0. The largest absolute Gasteiger partial charge is 0.336 e. The SMILES string of the molecule is CCCN(C(=O)c1cccc2nccnc12)C1CCNCC1. The van der Waals surface area contributed by atoms with Gasteiger partial charge in [-0.3, -0.25) is 14.8 Å². The molecule has 0 unspecified atom stereocenters. The van der Waals surface area contributed by atoms with E-state index in [4.69, 9.17) is 0 Å². The van der Waals surface area contributed by atoms with Gasteiger partial charge in [0.15, 0.2) is 0 Å². The number of aromatic nitrogens is 2. The highest BCUT2D eigenvalue weighted by atomic mass is 16.2. The molecule has 2 heterocycles. The number of hydrogen-bond acceptors (Lipinski definition) is 4. The van der Waals surface area contributed by atoms with Crippen LogP contribution in [0.4, 0.5) is 0 Å². The van der Waals surface area contributed by atoms with E-state index >= 15 is 0 Å². The van der Waals surface area contributed by atoms with E-state index in [0.717, 1.165) is 44.4 Å². The number of carbonyl (C=O) groups excluding carboxylic acids is 1. The van der Waals surface area contributed by atoms with Crippen LogP contribution in [-0.2, 0) is 0 Å². The van der Waals surface area contributed by atoms with E-state index in [0.29, 0.717) is 17.1 Å². The van der Waals surface area contributed by atoms with Gasteiger partial charge in [-0.1, -0.05) is 13.0 Å². The van der Waals surface area contributed by atoms with Gasteiger partial charge in [0.05, 0.1) is 11.1 Å². The number of carbonyl (C=O) groups is 1. The number of nitrogens with one attached hydrogen (secondary N) is 1. The molecule has 0 atom stereocenters. The van der Waals surface area contributed by atoms with Crippen LogP contribution in [0.3, 0.4) is 0 Å².